The fourth-order valence-corrected chi connectivity index (χ4v) is 4.26. The van der Waals surface area contributed by atoms with E-state index in [1.54, 1.807) is 6.20 Å². The lowest BCUT2D eigenvalue weighted by molar-refractivity contribution is 0.109. The molecule has 0 saturated carbocycles. The molecule has 3 rings (SSSR count). The summed E-state index contributed by atoms with van der Waals surface area (Å²) >= 11 is 1.49. The van der Waals surface area contributed by atoms with E-state index in [-0.39, 0.29) is 13.2 Å². The number of rotatable bonds is 12. The van der Waals surface area contributed by atoms with Crippen molar-refractivity contribution in [3.63, 3.8) is 0 Å². The third kappa shape index (κ3) is 8.67. The molecule has 1 heterocycles. The minimum absolute atomic E-state index is 0.152. The molecule has 0 radical (unpaired) electrons. The summed E-state index contributed by atoms with van der Waals surface area (Å²) in [5, 5.41) is 10.6. The molecule has 39 heavy (non-hydrogen) atoms. The second-order valence-corrected chi connectivity index (χ2v) is 10.5. The van der Waals surface area contributed by atoms with Gasteiger partial charge in [-0.3, -0.25) is 0 Å². The van der Waals surface area contributed by atoms with Crippen LogP contribution in [0.1, 0.15) is 75.9 Å². The van der Waals surface area contributed by atoms with Crippen LogP contribution < -0.4 is 15.2 Å². The molecule has 0 bridgehead atoms. The van der Waals surface area contributed by atoms with Gasteiger partial charge >= 0.3 is 0 Å². The van der Waals surface area contributed by atoms with Gasteiger partial charge in [0.25, 0.3) is 0 Å². The van der Waals surface area contributed by atoms with Crippen molar-refractivity contribution in [2.45, 2.75) is 77.2 Å². The Morgan fingerprint density at radius 2 is 1.74 bits per heavy atom. The average Bonchev–Trinajstić information content (AvgIpc) is 2.96. The number of nitriles is 1. The fourth-order valence-electron chi connectivity index (χ4n) is 3.89. The zero-order valence-corrected chi connectivity index (χ0v) is 25.0. The Labute approximate surface area is 237 Å². The molecule has 2 aromatic carbocycles. The maximum atomic E-state index is 14.4. The van der Waals surface area contributed by atoms with E-state index in [0.29, 0.717) is 29.5 Å². The molecule has 2 N–H and O–H groups in total. The first kappa shape index (κ1) is 32.1. The zero-order chi connectivity index (χ0) is 29.1. The number of benzene rings is 2. The van der Waals surface area contributed by atoms with Gasteiger partial charge in [0, 0.05) is 18.2 Å². The molecular weight excluding hydrogens is 511 g/mol. The normalized spacial score (nSPS) is 12.5. The van der Waals surface area contributed by atoms with E-state index < -0.39 is 11.1 Å². The number of aromatic nitrogens is 2. The van der Waals surface area contributed by atoms with E-state index in [1.165, 1.54) is 18.7 Å². The fraction of sp³-hybridized carbons (Fsp3) is 0.452. The topological polar surface area (TPSA) is 94.0 Å². The maximum Gasteiger partial charge on any atom is 0.187 e. The van der Waals surface area contributed by atoms with Gasteiger partial charge < -0.3 is 15.2 Å². The predicted octanol–water partition coefficient (Wildman–Crippen LogP) is 7.02. The minimum Gasteiger partial charge on any atom is -0.489 e. The number of halogens is 1. The van der Waals surface area contributed by atoms with E-state index in [1.807, 2.05) is 56.5 Å². The van der Waals surface area contributed by atoms with Crippen molar-refractivity contribution in [3.05, 3.63) is 76.6 Å². The van der Waals surface area contributed by atoms with E-state index in [4.69, 9.17) is 15.2 Å². The Morgan fingerprint density at radius 1 is 1.05 bits per heavy atom. The Hall–Kier alpha value is -3.15. The summed E-state index contributed by atoms with van der Waals surface area (Å²) in [5.41, 5.74) is 7.64. The molecular formula is C31H41FN4O2S. The molecule has 3 aromatic rings. The molecule has 1 aromatic heterocycles. The lowest BCUT2D eigenvalue weighted by Crippen LogP contribution is -2.36. The van der Waals surface area contributed by atoms with E-state index >= 15 is 0 Å². The van der Waals surface area contributed by atoms with Crippen LogP contribution in [0.15, 0.2) is 53.8 Å². The number of ether oxygens (including phenoxy) is 2. The second-order valence-electron chi connectivity index (χ2n) is 9.75. The summed E-state index contributed by atoms with van der Waals surface area (Å²) in [6.07, 6.45) is 5.25. The highest BCUT2D eigenvalue weighted by Crippen LogP contribution is 2.37. The van der Waals surface area contributed by atoms with Crippen LogP contribution in [0.4, 0.5) is 4.39 Å². The van der Waals surface area contributed by atoms with Crippen LogP contribution in [0.3, 0.4) is 0 Å². The molecule has 0 aliphatic carbocycles. The van der Waals surface area contributed by atoms with Gasteiger partial charge in [-0.25, -0.2) is 14.4 Å². The molecule has 0 aliphatic heterocycles. The molecule has 0 fully saturated rings. The highest BCUT2D eigenvalue weighted by Gasteiger charge is 2.28. The monoisotopic (exact) mass is 552 g/mol. The zero-order valence-electron chi connectivity index (χ0n) is 24.2. The molecule has 8 heteroatoms. The number of aryl methyl sites for hydroxylation is 1. The first-order chi connectivity index (χ1) is 18.6. The number of nitrogens with zero attached hydrogens (tertiary/aromatic N) is 3. The summed E-state index contributed by atoms with van der Waals surface area (Å²) < 4.78 is 26.2. The Bertz CT molecular complexity index is 1240. The first-order valence-electron chi connectivity index (χ1n) is 13.3. The van der Waals surface area contributed by atoms with Gasteiger partial charge in [0.05, 0.1) is 11.3 Å². The third-order valence-electron chi connectivity index (χ3n) is 6.31. The van der Waals surface area contributed by atoms with Crippen molar-refractivity contribution >= 4 is 11.8 Å². The van der Waals surface area contributed by atoms with E-state index in [0.717, 1.165) is 34.6 Å². The van der Waals surface area contributed by atoms with E-state index in [2.05, 4.69) is 42.9 Å². The molecule has 0 spiro atoms. The van der Waals surface area contributed by atoms with Gasteiger partial charge in [-0.15, -0.1) is 0 Å². The van der Waals surface area contributed by atoms with Gasteiger partial charge in [-0.2, -0.15) is 5.26 Å². The SMILES string of the molecule is CC.CCCc1cc(C(C)(C)c2ccc(OCc3ccnc(SC)n3)cc2)cc(C#N)c1OCC(C)(F)CN. The van der Waals surface area contributed by atoms with Crippen molar-refractivity contribution in [2.24, 2.45) is 5.73 Å². The summed E-state index contributed by atoms with van der Waals surface area (Å²) in [6.45, 7) is 11.7. The molecule has 1 atom stereocenters. The molecule has 210 valence electrons. The van der Waals surface area contributed by atoms with Gasteiger partial charge in [-0.05, 0) is 60.6 Å². The van der Waals surface area contributed by atoms with Crippen molar-refractivity contribution in [1.29, 1.82) is 5.26 Å². The van der Waals surface area contributed by atoms with E-state index in [9.17, 15) is 9.65 Å². The lowest BCUT2D eigenvalue weighted by Gasteiger charge is -2.28. The summed E-state index contributed by atoms with van der Waals surface area (Å²) in [6, 6.07) is 16.0. The summed E-state index contributed by atoms with van der Waals surface area (Å²) in [7, 11) is 0. The van der Waals surface area contributed by atoms with Crippen LogP contribution in [0.5, 0.6) is 11.5 Å². The smallest absolute Gasteiger partial charge is 0.187 e. The Balaban J connectivity index is 0.00000260. The number of nitrogens with two attached hydrogens (primary N) is 1. The summed E-state index contributed by atoms with van der Waals surface area (Å²) in [4.78, 5) is 8.63. The van der Waals surface area contributed by atoms with Crippen LogP contribution >= 0.6 is 11.8 Å². The van der Waals surface area contributed by atoms with Gasteiger partial charge in [0.2, 0.25) is 0 Å². The lowest BCUT2D eigenvalue weighted by atomic mass is 9.76. The minimum atomic E-state index is -1.66. The van der Waals surface area contributed by atoms with Gasteiger partial charge in [0.1, 0.15) is 30.8 Å². The highest BCUT2D eigenvalue weighted by molar-refractivity contribution is 7.98. The van der Waals surface area contributed by atoms with Crippen molar-refractivity contribution in [2.75, 3.05) is 19.4 Å². The van der Waals surface area contributed by atoms with Crippen LogP contribution in [0, 0.1) is 11.3 Å². The molecule has 0 aliphatic rings. The van der Waals surface area contributed by atoms with Crippen LogP contribution in [-0.2, 0) is 18.4 Å². The molecule has 1 unspecified atom stereocenters. The van der Waals surface area contributed by atoms with Gasteiger partial charge in [0.15, 0.2) is 10.8 Å². The third-order valence-corrected chi connectivity index (χ3v) is 6.87. The Morgan fingerprint density at radius 3 is 2.33 bits per heavy atom. The highest BCUT2D eigenvalue weighted by atomic mass is 32.2. The number of hydrogen-bond donors (Lipinski definition) is 1. The maximum absolute atomic E-state index is 14.4. The standard InChI is InChI=1S/C29H35FN4O2S.C2H6/c1-6-7-20-14-23(15-21(16-31)26(20)36-19-29(4,30)18-32)28(2,3)22-8-10-25(11-9-22)35-17-24-12-13-33-27(34-24)37-5;1-2/h8-15H,6-7,17-19,32H2,1-5H3;1-2H3. The Kier molecular flexibility index (Phi) is 12.2. The largest absolute Gasteiger partial charge is 0.489 e. The molecule has 0 amide bonds. The van der Waals surface area contributed by atoms with Crippen LogP contribution in [0.2, 0.25) is 0 Å². The van der Waals surface area contributed by atoms with Crippen molar-refractivity contribution < 1.29 is 13.9 Å². The second kappa shape index (κ2) is 14.9. The number of alkyl halides is 1. The van der Waals surface area contributed by atoms with Crippen LogP contribution in [-0.4, -0.2) is 35.0 Å². The predicted molar refractivity (Wildman–Crippen MR) is 157 cm³/mol. The number of thioether (sulfide) groups is 1. The average molecular weight is 553 g/mol. The molecule has 6 nitrogen and oxygen atoms in total. The van der Waals surface area contributed by atoms with Gasteiger partial charge in [-0.1, -0.05) is 71.0 Å². The van der Waals surface area contributed by atoms with Crippen LogP contribution in [0.25, 0.3) is 0 Å². The summed E-state index contributed by atoms with van der Waals surface area (Å²) in [5.74, 6) is 1.19. The number of hydrogen-bond acceptors (Lipinski definition) is 7. The first-order valence-corrected chi connectivity index (χ1v) is 14.5. The van der Waals surface area contributed by atoms with Crippen molar-refractivity contribution in [3.8, 4) is 17.6 Å². The molecule has 0 saturated heterocycles. The quantitative estimate of drug-likeness (QED) is 0.191. The van der Waals surface area contributed by atoms with Crippen molar-refractivity contribution in [1.82, 2.24) is 9.97 Å².